The first-order valence-corrected chi connectivity index (χ1v) is 9.49. The van der Waals surface area contributed by atoms with Crippen molar-refractivity contribution in [3.63, 3.8) is 0 Å². The Bertz CT molecular complexity index is 266. The summed E-state index contributed by atoms with van der Waals surface area (Å²) in [4.78, 5) is 22.5. The summed E-state index contributed by atoms with van der Waals surface area (Å²) in [5, 5.41) is 2.80. The van der Waals surface area contributed by atoms with E-state index in [1.165, 1.54) is 57.8 Å². The van der Waals surface area contributed by atoms with E-state index in [9.17, 15) is 9.59 Å². The van der Waals surface area contributed by atoms with Gasteiger partial charge in [-0.15, -0.1) is 0 Å². The van der Waals surface area contributed by atoms with Gasteiger partial charge < -0.3 is 10.1 Å². The van der Waals surface area contributed by atoms with E-state index in [4.69, 9.17) is 0 Å². The molecule has 1 amide bonds. The van der Waals surface area contributed by atoms with Crippen LogP contribution < -0.4 is 5.32 Å². The molecular weight excluding hydrogens is 274 g/mol. The number of aldehydes is 1. The third-order valence-corrected chi connectivity index (χ3v) is 4.12. The SMILES string of the molecule is CCCCCCCCCCCCCC(=O)NC(C=O)CCC. The molecule has 0 saturated heterocycles. The van der Waals surface area contributed by atoms with Crippen molar-refractivity contribution in [3.05, 3.63) is 0 Å². The van der Waals surface area contributed by atoms with E-state index in [0.29, 0.717) is 6.42 Å². The maximum absolute atomic E-state index is 11.7. The normalized spacial score (nSPS) is 12.1. The molecule has 130 valence electrons. The molecule has 0 saturated carbocycles. The second-order valence-corrected chi connectivity index (χ2v) is 6.38. The molecule has 0 aromatic rings. The van der Waals surface area contributed by atoms with Crippen LogP contribution in [0.1, 0.15) is 104 Å². The van der Waals surface area contributed by atoms with Crippen molar-refractivity contribution in [1.29, 1.82) is 0 Å². The monoisotopic (exact) mass is 311 g/mol. The third kappa shape index (κ3) is 14.1. The fourth-order valence-corrected chi connectivity index (χ4v) is 2.71. The Morgan fingerprint density at radius 2 is 1.32 bits per heavy atom. The van der Waals surface area contributed by atoms with E-state index in [0.717, 1.165) is 32.0 Å². The summed E-state index contributed by atoms with van der Waals surface area (Å²) in [6, 6.07) is -0.287. The average Bonchev–Trinajstić information content (AvgIpc) is 2.52. The molecule has 0 fully saturated rings. The van der Waals surface area contributed by atoms with Gasteiger partial charge in [0.2, 0.25) is 5.91 Å². The van der Waals surface area contributed by atoms with Gasteiger partial charge in [0.25, 0.3) is 0 Å². The van der Waals surface area contributed by atoms with Crippen LogP contribution in [0.5, 0.6) is 0 Å². The highest BCUT2D eigenvalue weighted by Gasteiger charge is 2.09. The van der Waals surface area contributed by atoms with Crippen molar-refractivity contribution in [2.45, 2.75) is 110 Å². The Labute approximate surface area is 137 Å². The van der Waals surface area contributed by atoms with E-state index < -0.39 is 0 Å². The molecule has 22 heavy (non-hydrogen) atoms. The van der Waals surface area contributed by atoms with Crippen LogP contribution in [0.2, 0.25) is 0 Å². The van der Waals surface area contributed by atoms with E-state index >= 15 is 0 Å². The van der Waals surface area contributed by atoms with Gasteiger partial charge in [0, 0.05) is 6.42 Å². The predicted octanol–water partition coefficient (Wildman–Crippen LogP) is 5.17. The van der Waals surface area contributed by atoms with Gasteiger partial charge in [-0.1, -0.05) is 84.5 Å². The van der Waals surface area contributed by atoms with Crippen molar-refractivity contribution < 1.29 is 9.59 Å². The Kier molecular flexibility index (Phi) is 15.9. The zero-order chi connectivity index (χ0) is 16.5. The molecule has 0 aromatic carbocycles. The first kappa shape index (κ1) is 21.1. The van der Waals surface area contributed by atoms with Gasteiger partial charge in [0.1, 0.15) is 6.29 Å². The van der Waals surface area contributed by atoms with Gasteiger partial charge in [-0.2, -0.15) is 0 Å². The lowest BCUT2D eigenvalue weighted by molar-refractivity contribution is -0.124. The van der Waals surface area contributed by atoms with Crippen molar-refractivity contribution in [2.75, 3.05) is 0 Å². The molecule has 0 aliphatic rings. The third-order valence-electron chi connectivity index (χ3n) is 4.12. The minimum atomic E-state index is -0.287. The molecule has 0 aromatic heterocycles. The lowest BCUT2D eigenvalue weighted by atomic mass is 10.1. The van der Waals surface area contributed by atoms with Crippen molar-refractivity contribution in [1.82, 2.24) is 5.32 Å². The first-order chi connectivity index (χ1) is 10.7. The number of unbranched alkanes of at least 4 members (excludes halogenated alkanes) is 10. The number of carbonyl (C=O) groups is 2. The molecule has 3 nitrogen and oxygen atoms in total. The fourth-order valence-electron chi connectivity index (χ4n) is 2.71. The largest absolute Gasteiger partial charge is 0.347 e. The van der Waals surface area contributed by atoms with Crippen LogP contribution in [0.25, 0.3) is 0 Å². The number of amides is 1. The Morgan fingerprint density at radius 1 is 0.818 bits per heavy atom. The number of hydrogen-bond acceptors (Lipinski definition) is 2. The zero-order valence-corrected chi connectivity index (χ0v) is 14.9. The van der Waals surface area contributed by atoms with Gasteiger partial charge in [0.05, 0.1) is 6.04 Å². The topological polar surface area (TPSA) is 46.2 Å². The lowest BCUT2D eigenvalue weighted by Crippen LogP contribution is -2.35. The zero-order valence-electron chi connectivity index (χ0n) is 14.9. The summed E-state index contributed by atoms with van der Waals surface area (Å²) in [7, 11) is 0. The van der Waals surface area contributed by atoms with Crippen LogP contribution in [-0.2, 0) is 9.59 Å². The number of hydrogen-bond donors (Lipinski definition) is 1. The predicted molar refractivity (Wildman–Crippen MR) is 94.0 cm³/mol. The maximum atomic E-state index is 11.7. The van der Waals surface area contributed by atoms with Crippen LogP contribution in [0.15, 0.2) is 0 Å². The highest BCUT2D eigenvalue weighted by atomic mass is 16.2. The highest BCUT2D eigenvalue weighted by molar-refractivity contribution is 5.79. The quantitative estimate of drug-likeness (QED) is 0.316. The maximum Gasteiger partial charge on any atom is 0.220 e. The molecule has 0 heterocycles. The Balaban J connectivity index is 3.31. The molecule has 1 unspecified atom stereocenters. The fraction of sp³-hybridized carbons (Fsp3) is 0.895. The Morgan fingerprint density at radius 3 is 1.77 bits per heavy atom. The van der Waals surface area contributed by atoms with Gasteiger partial charge in [-0.25, -0.2) is 0 Å². The molecule has 3 heteroatoms. The minimum absolute atomic E-state index is 0.0291. The molecule has 0 radical (unpaired) electrons. The van der Waals surface area contributed by atoms with Gasteiger partial charge >= 0.3 is 0 Å². The number of nitrogens with one attached hydrogen (secondary N) is 1. The van der Waals surface area contributed by atoms with Crippen LogP contribution in [0, 0.1) is 0 Å². The summed E-state index contributed by atoms with van der Waals surface area (Å²) in [5.74, 6) is 0.0291. The highest BCUT2D eigenvalue weighted by Crippen LogP contribution is 2.11. The van der Waals surface area contributed by atoms with Crippen molar-refractivity contribution >= 4 is 12.2 Å². The van der Waals surface area contributed by atoms with Gasteiger partial charge in [-0.05, 0) is 12.8 Å². The Hall–Kier alpha value is -0.860. The van der Waals surface area contributed by atoms with Gasteiger partial charge in [-0.3, -0.25) is 4.79 Å². The molecule has 0 bridgehead atoms. The average molecular weight is 312 g/mol. The molecule has 0 aliphatic heterocycles. The lowest BCUT2D eigenvalue weighted by Gasteiger charge is -2.11. The van der Waals surface area contributed by atoms with Crippen molar-refractivity contribution in [3.8, 4) is 0 Å². The molecular formula is C19H37NO2. The minimum Gasteiger partial charge on any atom is -0.347 e. The second-order valence-electron chi connectivity index (χ2n) is 6.38. The standard InChI is InChI=1S/C19H37NO2/c1-3-5-6-7-8-9-10-11-12-13-14-16-19(22)20-18(17-21)15-4-2/h17-18H,3-16H2,1-2H3,(H,20,22). The van der Waals surface area contributed by atoms with E-state index in [2.05, 4.69) is 12.2 Å². The van der Waals surface area contributed by atoms with Crippen LogP contribution in [0.4, 0.5) is 0 Å². The summed E-state index contributed by atoms with van der Waals surface area (Å²) >= 11 is 0. The molecule has 1 N–H and O–H groups in total. The molecule has 1 atom stereocenters. The number of rotatable bonds is 16. The van der Waals surface area contributed by atoms with Crippen LogP contribution >= 0.6 is 0 Å². The summed E-state index contributed by atoms with van der Waals surface area (Å²) in [6.45, 7) is 4.27. The summed E-state index contributed by atoms with van der Waals surface area (Å²) in [6.07, 6.45) is 17.2. The van der Waals surface area contributed by atoms with Crippen LogP contribution in [0.3, 0.4) is 0 Å². The number of carbonyl (C=O) groups excluding carboxylic acids is 2. The van der Waals surface area contributed by atoms with E-state index in [1.54, 1.807) is 0 Å². The summed E-state index contributed by atoms with van der Waals surface area (Å²) < 4.78 is 0. The smallest absolute Gasteiger partial charge is 0.220 e. The van der Waals surface area contributed by atoms with Gasteiger partial charge in [0.15, 0.2) is 0 Å². The van der Waals surface area contributed by atoms with E-state index in [-0.39, 0.29) is 11.9 Å². The van der Waals surface area contributed by atoms with Crippen molar-refractivity contribution in [2.24, 2.45) is 0 Å². The molecule has 0 rings (SSSR count). The summed E-state index contributed by atoms with van der Waals surface area (Å²) in [5.41, 5.74) is 0. The van der Waals surface area contributed by atoms with E-state index in [1.807, 2.05) is 6.92 Å². The first-order valence-electron chi connectivity index (χ1n) is 9.49. The molecule has 0 aliphatic carbocycles. The van der Waals surface area contributed by atoms with Crippen LogP contribution in [-0.4, -0.2) is 18.2 Å². The second kappa shape index (κ2) is 16.5. The molecule has 0 spiro atoms.